The highest BCUT2D eigenvalue weighted by Crippen LogP contribution is 2.29. The van der Waals surface area contributed by atoms with Crippen LogP contribution < -0.4 is 15.8 Å². The third kappa shape index (κ3) is 3.17. The minimum Gasteiger partial charge on any atom is -0.496 e. The molecule has 0 spiro atoms. The van der Waals surface area contributed by atoms with E-state index < -0.39 is 0 Å². The van der Waals surface area contributed by atoms with Crippen molar-refractivity contribution in [2.45, 2.75) is 0 Å². The van der Waals surface area contributed by atoms with Crippen LogP contribution in [0.25, 0.3) is 11.1 Å². The number of hydrogen-bond acceptors (Lipinski definition) is 5. The average Bonchev–Trinajstić information content (AvgIpc) is 2.45. The molecule has 0 saturated heterocycles. The summed E-state index contributed by atoms with van der Waals surface area (Å²) >= 11 is 0. The summed E-state index contributed by atoms with van der Waals surface area (Å²) in [5, 5.41) is 2.96. The van der Waals surface area contributed by atoms with Gasteiger partial charge in [-0.15, -0.1) is 0 Å². The van der Waals surface area contributed by atoms with E-state index in [9.17, 15) is 4.39 Å². The monoisotopic (exact) mass is 262 g/mol. The molecule has 0 aliphatic rings. The van der Waals surface area contributed by atoms with Gasteiger partial charge in [0.1, 0.15) is 11.6 Å². The average molecular weight is 262 g/mol. The Hall–Kier alpha value is -2.21. The molecule has 19 heavy (non-hydrogen) atoms. The van der Waals surface area contributed by atoms with Gasteiger partial charge >= 0.3 is 0 Å². The first-order valence-corrected chi connectivity index (χ1v) is 5.84. The van der Waals surface area contributed by atoms with Crippen molar-refractivity contribution in [2.75, 3.05) is 25.5 Å². The number of aromatic nitrogens is 2. The first kappa shape index (κ1) is 13.2. The van der Waals surface area contributed by atoms with Crippen molar-refractivity contribution >= 4 is 5.95 Å². The summed E-state index contributed by atoms with van der Waals surface area (Å²) in [6, 6.07) is 4.32. The number of ether oxygens (including phenoxy) is 1. The Morgan fingerprint density at radius 1 is 1.32 bits per heavy atom. The van der Waals surface area contributed by atoms with Crippen molar-refractivity contribution in [1.29, 1.82) is 0 Å². The van der Waals surface area contributed by atoms with Crippen molar-refractivity contribution < 1.29 is 9.13 Å². The van der Waals surface area contributed by atoms with Crippen molar-refractivity contribution in [1.82, 2.24) is 9.97 Å². The molecule has 0 fully saturated rings. The zero-order valence-electron chi connectivity index (χ0n) is 10.6. The van der Waals surface area contributed by atoms with E-state index in [1.54, 1.807) is 18.5 Å². The topological polar surface area (TPSA) is 73.1 Å². The van der Waals surface area contributed by atoms with Gasteiger partial charge in [0.2, 0.25) is 5.95 Å². The van der Waals surface area contributed by atoms with E-state index in [0.29, 0.717) is 35.9 Å². The summed E-state index contributed by atoms with van der Waals surface area (Å²) in [7, 11) is 1.54. The fourth-order valence-corrected chi connectivity index (χ4v) is 1.65. The predicted molar refractivity (Wildman–Crippen MR) is 71.5 cm³/mol. The van der Waals surface area contributed by atoms with Gasteiger partial charge in [-0.05, 0) is 18.2 Å². The molecule has 0 bridgehead atoms. The zero-order chi connectivity index (χ0) is 13.7. The van der Waals surface area contributed by atoms with E-state index in [4.69, 9.17) is 10.5 Å². The van der Waals surface area contributed by atoms with E-state index in [-0.39, 0.29) is 5.82 Å². The van der Waals surface area contributed by atoms with Crippen LogP contribution in [-0.2, 0) is 0 Å². The van der Waals surface area contributed by atoms with Gasteiger partial charge in [-0.25, -0.2) is 14.4 Å². The first-order chi connectivity index (χ1) is 9.24. The molecule has 0 aliphatic heterocycles. The van der Waals surface area contributed by atoms with E-state index in [1.807, 2.05) is 0 Å². The van der Waals surface area contributed by atoms with Crippen LogP contribution in [0, 0.1) is 5.82 Å². The summed E-state index contributed by atoms with van der Waals surface area (Å²) < 4.78 is 18.5. The molecule has 1 aromatic heterocycles. The van der Waals surface area contributed by atoms with Gasteiger partial charge in [-0.3, -0.25) is 0 Å². The summed E-state index contributed by atoms with van der Waals surface area (Å²) in [4.78, 5) is 8.28. The quantitative estimate of drug-likeness (QED) is 0.857. The lowest BCUT2D eigenvalue weighted by Crippen LogP contribution is -2.14. The molecule has 0 atom stereocenters. The molecule has 6 heteroatoms. The Morgan fingerprint density at radius 2 is 2.05 bits per heavy atom. The molecule has 2 aromatic rings. The van der Waals surface area contributed by atoms with Gasteiger partial charge in [-0.1, -0.05) is 0 Å². The molecule has 0 saturated carbocycles. The van der Waals surface area contributed by atoms with Crippen LogP contribution >= 0.6 is 0 Å². The lowest BCUT2D eigenvalue weighted by atomic mass is 10.1. The van der Waals surface area contributed by atoms with Gasteiger partial charge in [0.05, 0.1) is 7.11 Å². The Labute approximate surface area is 110 Å². The van der Waals surface area contributed by atoms with Gasteiger partial charge in [0, 0.05) is 36.6 Å². The highest BCUT2D eigenvalue weighted by Gasteiger charge is 2.08. The number of nitrogens with two attached hydrogens (primary N) is 1. The molecule has 0 unspecified atom stereocenters. The van der Waals surface area contributed by atoms with Crippen molar-refractivity contribution in [3.05, 3.63) is 36.4 Å². The summed E-state index contributed by atoms with van der Waals surface area (Å²) in [6.45, 7) is 1.10. The Kier molecular flexibility index (Phi) is 4.25. The summed E-state index contributed by atoms with van der Waals surface area (Å²) in [5.41, 5.74) is 6.68. The van der Waals surface area contributed by atoms with Gasteiger partial charge < -0.3 is 15.8 Å². The maximum Gasteiger partial charge on any atom is 0.222 e. The highest BCUT2D eigenvalue weighted by atomic mass is 19.1. The van der Waals surface area contributed by atoms with Crippen LogP contribution in [0.3, 0.4) is 0 Å². The first-order valence-electron chi connectivity index (χ1n) is 5.84. The number of benzene rings is 1. The van der Waals surface area contributed by atoms with Crippen LogP contribution in [0.4, 0.5) is 10.3 Å². The Morgan fingerprint density at radius 3 is 2.68 bits per heavy atom. The Balaban J connectivity index is 2.29. The molecular formula is C13H15FN4O. The molecule has 0 amide bonds. The molecule has 1 aromatic carbocycles. The van der Waals surface area contributed by atoms with Crippen molar-refractivity contribution in [2.24, 2.45) is 5.73 Å². The second kappa shape index (κ2) is 6.10. The van der Waals surface area contributed by atoms with Crippen molar-refractivity contribution in [3.8, 4) is 16.9 Å². The van der Waals surface area contributed by atoms with Gasteiger partial charge in [0.25, 0.3) is 0 Å². The fraction of sp³-hybridized carbons (Fsp3) is 0.231. The maximum atomic E-state index is 13.3. The number of methoxy groups -OCH3 is 1. The third-order valence-electron chi connectivity index (χ3n) is 2.55. The second-order valence-corrected chi connectivity index (χ2v) is 3.86. The number of anilines is 1. The minimum atomic E-state index is -0.332. The molecule has 0 radical (unpaired) electrons. The number of nitrogens with one attached hydrogen (secondary N) is 1. The molecule has 5 nitrogen and oxygen atoms in total. The van der Waals surface area contributed by atoms with Crippen molar-refractivity contribution in [3.63, 3.8) is 0 Å². The van der Waals surface area contributed by atoms with E-state index in [0.717, 1.165) is 0 Å². The molecule has 100 valence electrons. The van der Waals surface area contributed by atoms with Crippen LogP contribution in [0.15, 0.2) is 30.6 Å². The number of halogens is 1. The summed E-state index contributed by atoms with van der Waals surface area (Å²) in [6.07, 6.45) is 3.23. The lowest BCUT2D eigenvalue weighted by molar-refractivity contribution is 0.415. The number of rotatable bonds is 5. The number of nitrogens with zero attached hydrogens (tertiary/aromatic N) is 2. The van der Waals surface area contributed by atoms with Crippen LogP contribution in [0.5, 0.6) is 5.75 Å². The normalized spacial score (nSPS) is 10.3. The standard InChI is InChI=1S/C13H15FN4O/c1-19-12-3-2-10(14)6-11(12)9-7-17-13(18-8-9)16-5-4-15/h2-3,6-8H,4-5,15H2,1H3,(H,16,17,18). The van der Waals surface area contributed by atoms with Crippen LogP contribution in [0.2, 0.25) is 0 Å². The predicted octanol–water partition coefficient (Wildman–Crippen LogP) is 1.66. The molecule has 1 heterocycles. The molecule has 3 N–H and O–H groups in total. The molecule has 2 rings (SSSR count). The molecular weight excluding hydrogens is 247 g/mol. The van der Waals surface area contributed by atoms with E-state index >= 15 is 0 Å². The van der Waals surface area contributed by atoms with Gasteiger partial charge in [-0.2, -0.15) is 0 Å². The largest absolute Gasteiger partial charge is 0.496 e. The highest BCUT2D eigenvalue weighted by molar-refractivity contribution is 5.69. The lowest BCUT2D eigenvalue weighted by Gasteiger charge is -2.09. The number of hydrogen-bond donors (Lipinski definition) is 2. The second-order valence-electron chi connectivity index (χ2n) is 3.86. The third-order valence-corrected chi connectivity index (χ3v) is 2.55. The maximum absolute atomic E-state index is 13.3. The SMILES string of the molecule is COc1ccc(F)cc1-c1cnc(NCCN)nc1. The van der Waals surface area contributed by atoms with Crippen LogP contribution in [-0.4, -0.2) is 30.2 Å². The van der Waals surface area contributed by atoms with Gasteiger partial charge in [0.15, 0.2) is 0 Å². The smallest absolute Gasteiger partial charge is 0.222 e. The van der Waals surface area contributed by atoms with E-state index in [2.05, 4.69) is 15.3 Å². The fourth-order valence-electron chi connectivity index (χ4n) is 1.65. The van der Waals surface area contributed by atoms with E-state index in [1.165, 1.54) is 19.2 Å². The Bertz CT molecular complexity index is 545. The minimum absolute atomic E-state index is 0.332. The zero-order valence-corrected chi connectivity index (χ0v) is 10.6. The molecule has 0 aliphatic carbocycles. The van der Waals surface area contributed by atoms with Crippen LogP contribution in [0.1, 0.15) is 0 Å². The summed E-state index contributed by atoms with van der Waals surface area (Å²) in [5.74, 6) is 0.735.